The molecule has 9 heteroatoms. The summed E-state index contributed by atoms with van der Waals surface area (Å²) < 4.78 is 34.8. The summed E-state index contributed by atoms with van der Waals surface area (Å²) in [7, 11) is -4.03. The molecule has 0 bridgehead atoms. The molecule has 0 aliphatic heterocycles. The van der Waals surface area contributed by atoms with Crippen molar-refractivity contribution in [1.29, 1.82) is 0 Å². The molecule has 1 fully saturated rings. The third-order valence-electron chi connectivity index (χ3n) is 7.46. The summed E-state index contributed by atoms with van der Waals surface area (Å²) in [5, 5.41) is 3.78. The van der Waals surface area contributed by atoms with Gasteiger partial charge < -0.3 is 10.1 Å². The number of para-hydroxylation sites is 1. The third kappa shape index (κ3) is 5.68. The summed E-state index contributed by atoms with van der Waals surface area (Å²) in [5.74, 6) is 0.467. The maximum atomic E-state index is 13.4. The molecule has 0 aromatic heterocycles. The minimum absolute atomic E-state index is 0.00285. The fourth-order valence-electron chi connectivity index (χ4n) is 5.03. The van der Waals surface area contributed by atoms with Crippen molar-refractivity contribution in [3.8, 4) is 11.5 Å². The van der Waals surface area contributed by atoms with Crippen molar-refractivity contribution in [3.05, 3.63) is 118 Å². The standard InChI is InChI=1S/C31H28Cl2N2O4S/c1-30(2)19-31(30,21-8-4-3-5-9-21)20-34-29(36)25-18-22(32)12-17-27(25)35-40(37,38)24-15-13-23(14-16-24)39-28-11-7-6-10-26(28)33/h3-18,35H,19-20H2,1-2H3,(H,34,36)/t31-/m0/s1. The van der Waals surface area contributed by atoms with E-state index in [2.05, 4.69) is 36.0 Å². The normalized spacial score (nSPS) is 17.6. The van der Waals surface area contributed by atoms with Crippen LogP contribution in [0.4, 0.5) is 5.69 Å². The smallest absolute Gasteiger partial charge is 0.261 e. The van der Waals surface area contributed by atoms with Crippen molar-refractivity contribution in [3.63, 3.8) is 0 Å². The highest BCUT2D eigenvalue weighted by molar-refractivity contribution is 7.92. The van der Waals surface area contributed by atoms with Gasteiger partial charge in [-0.05, 0) is 72.0 Å². The molecule has 6 nitrogen and oxygen atoms in total. The van der Waals surface area contributed by atoms with Gasteiger partial charge in [-0.1, -0.05) is 79.5 Å². The quantitative estimate of drug-likeness (QED) is 0.208. The summed E-state index contributed by atoms with van der Waals surface area (Å²) in [5.41, 5.74) is 1.24. The molecule has 4 aromatic rings. The van der Waals surface area contributed by atoms with Crippen LogP contribution in [-0.4, -0.2) is 20.9 Å². The number of hydrogen-bond donors (Lipinski definition) is 2. The highest BCUT2D eigenvalue weighted by Crippen LogP contribution is 2.63. The minimum atomic E-state index is -4.03. The van der Waals surface area contributed by atoms with Crippen LogP contribution in [0.3, 0.4) is 0 Å². The van der Waals surface area contributed by atoms with E-state index in [0.717, 1.165) is 12.0 Å². The highest BCUT2D eigenvalue weighted by atomic mass is 35.5. The van der Waals surface area contributed by atoms with Gasteiger partial charge in [0.1, 0.15) is 11.5 Å². The second kappa shape index (κ2) is 10.8. The van der Waals surface area contributed by atoms with Gasteiger partial charge in [-0.2, -0.15) is 0 Å². The number of rotatable bonds is 9. The number of halogens is 2. The lowest BCUT2D eigenvalue weighted by atomic mass is 9.87. The lowest BCUT2D eigenvalue weighted by Gasteiger charge is -2.22. The minimum Gasteiger partial charge on any atom is -0.456 e. The Morgan fingerprint density at radius 3 is 2.20 bits per heavy atom. The third-order valence-corrected chi connectivity index (χ3v) is 9.39. The molecule has 4 aromatic carbocycles. The van der Waals surface area contributed by atoms with Crippen LogP contribution in [-0.2, 0) is 15.4 Å². The van der Waals surface area contributed by atoms with Crippen LogP contribution in [0, 0.1) is 5.41 Å². The number of anilines is 1. The van der Waals surface area contributed by atoms with Crippen molar-refractivity contribution in [2.75, 3.05) is 11.3 Å². The first-order valence-electron chi connectivity index (χ1n) is 12.7. The zero-order chi connectivity index (χ0) is 28.5. The van der Waals surface area contributed by atoms with E-state index >= 15 is 0 Å². The fraction of sp³-hybridized carbons (Fsp3) is 0.194. The lowest BCUT2D eigenvalue weighted by Crippen LogP contribution is -2.35. The number of nitrogens with one attached hydrogen (secondary N) is 2. The Kier molecular flexibility index (Phi) is 7.57. The average molecular weight is 596 g/mol. The van der Waals surface area contributed by atoms with Crippen molar-refractivity contribution in [1.82, 2.24) is 5.32 Å². The second-order valence-electron chi connectivity index (χ2n) is 10.5. The van der Waals surface area contributed by atoms with E-state index in [0.29, 0.717) is 28.1 Å². The first-order valence-corrected chi connectivity index (χ1v) is 14.9. The van der Waals surface area contributed by atoms with E-state index in [1.807, 2.05) is 18.2 Å². The van der Waals surface area contributed by atoms with Gasteiger partial charge in [-0.15, -0.1) is 0 Å². The van der Waals surface area contributed by atoms with Gasteiger partial charge in [0.15, 0.2) is 0 Å². The molecule has 1 aliphatic carbocycles. The van der Waals surface area contributed by atoms with Gasteiger partial charge in [0.25, 0.3) is 15.9 Å². The van der Waals surface area contributed by atoms with Crippen LogP contribution >= 0.6 is 23.2 Å². The molecule has 0 spiro atoms. The maximum Gasteiger partial charge on any atom is 0.261 e. The van der Waals surface area contributed by atoms with Gasteiger partial charge in [-0.25, -0.2) is 8.42 Å². The Morgan fingerprint density at radius 1 is 0.900 bits per heavy atom. The van der Waals surface area contributed by atoms with Crippen LogP contribution in [0.1, 0.15) is 36.2 Å². The van der Waals surface area contributed by atoms with Gasteiger partial charge in [0.05, 0.1) is 21.2 Å². The second-order valence-corrected chi connectivity index (χ2v) is 13.0. The zero-order valence-corrected chi connectivity index (χ0v) is 24.3. The Balaban J connectivity index is 1.33. The highest BCUT2D eigenvalue weighted by Gasteiger charge is 2.61. The molecular formula is C31H28Cl2N2O4S. The molecule has 1 aliphatic rings. The molecule has 0 radical (unpaired) electrons. The van der Waals surface area contributed by atoms with Crippen LogP contribution in [0.15, 0.2) is 102 Å². The zero-order valence-electron chi connectivity index (χ0n) is 21.9. The summed E-state index contributed by atoms with van der Waals surface area (Å²) in [6.07, 6.45) is 0.926. The Labute approximate surface area is 244 Å². The summed E-state index contributed by atoms with van der Waals surface area (Å²) >= 11 is 12.3. The Hall–Kier alpha value is -3.52. The Bertz CT molecular complexity index is 1660. The molecule has 1 saturated carbocycles. The van der Waals surface area contributed by atoms with Crippen LogP contribution in [0.25, 0.3) is 0 Å². The molecule has 1 atom stereocenters. The van der Waals surface area contributed by atoms with E-state index in [1.165, 1.54) is 42.5 Å². The van der Waals surface area contributed by atoms with Gasteiger partial charge in [0.2, 0.25) is 0 Å². The number of carbonyl (C=O) groups is 1. The van der Waals surface area contributed by atoms with Gasteiger partial charge >= 0.3 is 0 Å². The SMILES string of the molecule is CC1(C)C[C@]1(CNC(=O)c1cc(Cl)ccc1NS(=O)(=O)c1ccc(Oc2ccccc2Cl)cc1)c1ccccc1. The van der Waals surface area contributed by atoms with E-state index in [4.69, 9.17) is 27.9 Å². The first kappa shape index (κ1) is 28.0. The summed E-state index contributed by atoms with van der Waals surface area (Å²) in [6.45, 7) is 4.76. The van der Waals surface area contributed by atoms with Gasteiger partial charge in [0, 0.05) is 17.0 Å². The molecule has 40 heavy (non-hydrogen) atoms. The molecule has 5 rings (SSSR count). The molecule has 2 N–H and O–H groups in total. The monoisotopic (exact) mass is 594 g/mol. The van der Waals surface area contributed by atoms with Crippen molar-refractivity contribution in [2.45, 2.75) is 30.6 Å². The Morgan fingerprint density at radius 2 is 1.55 bits per heavy atom. The van der Waals surface area contributed by atoms with E-state index in [-0.39, 0.29) is 27.0 Å². The lowest BCUT2D eigenvalue weighted by molar-refractivity contribution is 0.0949. The topological polar surface area (TPSA) is 84.5 Å². The summed E-state index contributed by atoms with van der Waals surface area (Å²) in [6, 6.07) is 27.5. The molecule has 0 heterocycles. The number of ether oxygens (including phenoxy) is 1. The maximum absolute atomic E-state index is 13.4. The van der Waals surface area contributed by atoms with Crippen LogP contribution in [0.2, 0.25) is 10.0 Å². The predicted molar refractivity (Wildman–Crippen MR) is 159 cm³/mol. The van der Waals surface area contributed by atoms with E-state index < -0.39 is 15.9 Å². The molecular weight excluding hydrogens is 567 g/mol. The predicted octanol–water partition coefficient (Wildman–Crippen LogP) is 7.68. The number of sulfonamides is 1. The number of benzene rings is 4. The van der Waals surface area contributed by atoms with Crippen LogP contribution in [0.5, 0.6) is 11.5 Å². The van der Waals surface area contributed by atoms with Crippen LogP contribution < -0.4 is 14.8 Å². The molecule has 206 valence electrons. The average Bonchev–Trinajstić information content (AvgIpc) is 3.52. The van der Waals surface area contributed by atoms with Gasteiger partial charge in [-0.3, -0.25) is 9.52 Å². The van der Waals surface area contributed by atoms with Crippen molar-refractivity contribution < 1.29 is 17.9 Å². The first-order chi connectivity index (χ1) is 19.0. The molecule has 1 amide bonds. The molecule has 0 saturated heterocycles. The number of hydrogen-bond acceptors (Lipinski definition) is 4. The van der Waals surface area contributed by atoms with E-state index in [1.54, 1.807) is 24.3 Å². The van der Waals surface area contributed by atoms with E-state index in [9.17, 15) is 13.2 Å². The number of amides is 1. The molecule has 0 unspecified atom stereocenters. The fourth-order valence-corrected chi connectivity index (χ4v) is 6.45. The largest absolute Gasteiger partial charge is 0.456 e. The summed E-state index contributed by atoms with van der Waals surface area (Å²) in [4.78, 5) is 13.4. The van der Waals surface area contributed by atoms with Crippen molar-refractivity contribution in [2.24, 2.45) is 5.41 Å². The van der Waals surface area contributed by atoms with Crippen molar-refractivity contribution >= 4 is 44.8 Å². The number of carbonyl (C=O) groups excluding carboxylic acids is 1.